The number of halogens is 5. The van der Waals surface area contributed by atoms with Crippen molar-refractivity contribution < 1.29 is 30.1 Å². The van der Waals surface area contributed by atoms with Crippen LogP contribution in [0, 0.1) is 0 Å². The van der Waals surface area contributed by atoms with Crippen molar-refractivity contribution in [3.8, 4) is 17.4 Å². The molecular formula is C27H28ClF4N7O3. The minimum atomic E-state index is -4.98. The van der Waals surface area contributed by atoms with Gasteiger partial charge in [0.25, 0.3) is 5.56 Å². The lowest BCUT2D eigenvalue weighted by atomic mass is 9.93. The first-order chi connectivity index (χ1) is 20.8. The van der Waals surface area contributed by atoms with E-state index in [0.29, 0.717) is 30.0 Å². The van der Waals surface area contributed by atoms with Crippen molar-refractivity contribution in [2.75, 3.05) is 37.6 Å². The lowest BCUT2D eigenvalue weighted by molar-refractivity contribution is -0.137. The highest BCUT2D eigenvalue weighted by molar-refractivity contribution is 6.31. The van der Waals surface area contributed by atoms with Crippen molar-refractivity contribution in [1.29, 1.82) is 0 Å². The molecule has 0 saturated carbocycles. The van der Waals surface area contributed by atoms with Gasteiger partial charge in [-0.3, -0.25) is 9.69 Å². The summed E-state index contributed by atoms with van der Waals surface area (Å²) in [6.07, 6.45) is -2.61. The summed E-state index contributed by atoms with van der Waals surface area (Å²) in [4.78, 5) is 26.3. The molecule has 0 amide bonds. The largest absolute Gasteiger partial charge is 0.508 e. The van der Waals surface area contributed by atoms with Crippen LogP contribution in [0.2, 0.25) is 5.02 Å². The number of aromatic nitrogens is 4. The van der Waals surface area contributed by atoms with E-state index in [4.69, 9.17) is 19.1 Å². The highest BCUT2D eigenvalue weighted by Crippen LogP contribution is 2.42. The number of hydrogen-bond donors (Lipinski definition) is 2. The van der Waals surface area contributed by atoms with Gasteiger partial charge in [-0.2, -0.15) is 32.9 Å². The quantitative estimate of drug-likeness (QED) is 0.420. The monoisotopic (exact) mass is 611 g/mol. The van der Waals surface area contributed by atoms with Crippen molar-refractivity contribution in [2.24, 2.45) is 0 Å². The molecule has 15 heteroatoms. The van der Waals surface area contributed by atoms with E-state index >= 15 is 0 Å². The maximum atomic E-state index is 14.5. The number of ether oxygens (including phenoxy) is 1. The van der Waals surface area contributed by atoms with Gasteiger partial charge in [0.15, 0.2) is 0 Å². The van der Waals surface area contributed by atoms with E-state index in [1.54, 1.807) is 0 Å². The van der Waals surface area contributed by atoms with E-state index in [1.165, 1.54) is 11.1 Å². The first kappa shape index (κ1) is 25.3. The van der Waals surface area contributed by atoms with Crippen LogP contribution in [0.3, 0.4) is 0 Å². The third kappa shape index (κ3) is 4.54. The fourth-order valence-electron chi connectivity index (χ4n) is 6.72. The van der Waals surface area contributed by atoms with Crippen LogP contribution in [0.4, 0.5) is 23.4 Å². The molecule has 5 saturated heterocycles. The van der Waals surface area contributed by atoms with Crippen LogP contribution in [-0.4, -0.2) is 86.3 Å². The maximum absolute atomic E-state index is 14.5. The summed E-state index contributed by atoms with van der Waals surface area (Å²) >= 11 is 5.87. The number of benzene rings is 1. The van der Waals surface area contributed by atoms with E-state index in [2.05, 4.69) is 20.4 Å². The molecule has 7 heterocycles. The van der Waals surface area contributed by atoms with Gasteiger partial charge < -0.3 is 20.1 Å². The molecule has 10 nitrogen and oxygen atoms in total. The summed E-state index contributed by atoms with van der Waals surface area (Å²) in [5, 5.41) is 16.9. The first-order valence-electron chi connectivity index (χ1n) is 14.7. The molecular weight excluding hydrogens is 582 g/mol. The number of rotatable bonds is 5. The van der Waals surface area contributed by atoms with Crippen molar-refractivity contribution in [3.63, 3.8) is 0 Å². The van der Waals surface area contributed by atoms with Gasteiger partial charge in [-0.1, -0.05) is 11.6 Å². The Morgan fingerprint density at radius 2 is 2.10 bits per heavy atom. The second kappa shape index (κ2) is 9.91. The number of nitrogens with zero attached hydrogens (tertiary/aromatic N) is 6. The second-order valence-corrected chi connectivity index (χ2v) is 11.8. The van der Waals surface area contributed by atoms with Crippen LogP contribution in [-0.2, 0) is 6.18 Å². The van der Waals surface area contributed by atoms with Gasteiger partial charge in [0.05, 0.1) is 27.8 Å². The summed E-state index contributed by atoms with van der Waals surface area (Å²) in [5.74, 6) is -0.271. The van der Waals surface area contributed by atoms with Gasteiger partial charge in [-0.15, -0.1) is 0 Å². The molecule has 3 aromatic rings. The number of piperazine rings is 1. The molecule has 5 aliphatic rings. The van der Waals surface area contributed by atoms with E-state index in [1.807, 2.05) is 4.90 Å². The number of nitrogens with one attached hydrogen (secondary N) is 1. The van der Waals surface area contributed by atoms with E-state index in [9.17, 15) is 27.5 Å². The lowest BCUT2D eigenvalue weighted by Gasteiger charge is -2.46. The summed E-state index contributed by atoms with van der Waals surface area (Å²) in [6, 6.07) is 1.42. The molecule has 4 atom stereocenters. The summed E-state index contributed by atoms with van der Waals surface area (Å²) in [5.41, 5.74) is -4.36. The maximum Gasteiger partial charge on any atom is 0.419 e. The zero-order chi connectivity index (χ0) is 31.2. The number of anilines is 1. The first-order valence-corrected chi connectivity index (χ1v) is 14.1. The number of alkyl halides is 4. The average Bonchev–Trinajstić information content (AvgIpc) is 3.43. The molecule has 8 rings (SSSR count). The fraction of sp³-hybridized carbons (Fsp3) is 0.556. The van der Waals surface area contributed by atoms with Gasteiger partial charge in [-0.05, 0) is 38.2 Å². The van der Waals surface area contributed by atoms with Crippen LogP contribution in [0.5, 0.6) is 11.8 Å². The molecule has 0 spiro atoms. The van der Waals surface area contributed by atoms with Crippen LogP contribution < -0.4 is 20.5 Å². The molecule has 42 heavy (non-hydrogen) atoms. The highest BCUT2D eigenvalue weighted by Gasteiger charge is 2.49. The van der Waals surface area contributed by atoms with Crippen LogP contribution in [0.1, 0.15) is 40.4 Å². The number of hydrogen-bond acceptors (Lipinski definition) is 9. The lowest BCUT2D eigenvalue weighted by Crippen LogP contribution is -2.61. The molecule has 2 unspecified atom stereocenters. The number of aromatic hydroxyl groups is 1. The highest BCUT2D eigenvalue weighted by atomic mass is 35.5. The summed E-state index contributed by atoms with van der Waals surface area (Å²) in [7, 11) is 0. The van der Waals surface area contributed by atoms with Gasteiger partial charge >= 0.3 is 12.2 Å². The standard InChI is InChI=1S/C27H28ClF4N7O3/c28-19-6-17(40)7-20(21(19)27(30,31)32)39-24(41)22-18(10-34-39)23(38-12-15-2-3-16(38)9-33-15)36-25(35-22)42-13-26-4-1-5-37(26)11-14(29)8-26/h6-7,10,14-16,33,40H,1-5,8-9,11-13H2/t14-,15?,16?,26+/m1/s1/i5D2. The van der Waals surface area contributed by atoms with Crippen molar-refractivity contribution in [1.82, 2.24) is 30.0 Å². The number of phenolic OH excluding ortho intramolecular Hbond substituents is 1. The Kier molecular flexibility index (Phi) is 5.97. The van der Waals surface area contributed by atoms with Crippen LogP contribution >= 0.6 is 11.6 Å². The van der Waals surface area contributed by atoms with Gasteiger partial charge in [0.1, 0.15) is 35.4 Å². The Balaban J connectivity index is 1.36. The predicted molar refractivity (Wildman–Crippen MR) is 145 cm³/mol. The van der Waals surface area contributed by atoms with Crippen molar-refractivity contribution in [3.05, 3.63) is 39.3 Å². The topological polar surface area (TPSA) is 109 Å². The number of fused-ring (bicyclic) bond motifs is 5. The Morgan fingerprint density at radius 1 is 1.26 bits per heavy atom. The molecule has 5 fully saturated rings. The van der Waals surface area contributed by atoms with Crippen molar-refractivity contribution >= 4 is 28.3 Å². The molecule has 5 aliphatic heterocycles. The Bertz CT molecular complexity index is 1700. The van der Waals surface area contributed by atoms with Gasteiger partial charge in [0, 0.05) is 46.9 Å². The summed E-state index contributed by atoms with van der Waals surface area (Å²) in [6.45, 7) is -0.711. The van der Waals surface area contributed by atoms with E-state index in [0.717, 1.165) is 25.0 Å². The Labute approximate surface area is 245 Å². The fourth-order valence-corrected chi connectivity index (χ4v) is 7.03. The van der Waals surface area contributed by atoms with E-state index < -0.39 is 52.0 Å². The molecule has 2 N–H and O–H groups in total. The van der Waals surface area contributed by atoms with Crippen LogP contribution in [0.25, 0.3) is 16.6 Å². The predicted octanol–water partition coefficient (Wildman–Crippen LogP) is 3.45. The van der Waals surface area contributed by atoms with Crippen LogP contribution in [0.15, 0.2) is 23.1 Å². The molecule has 0 radical (unpaired) electrons. The number of piperidine rings is 2. The summed E-state index contributed by atoms with van der Waals surface area (Å²) < 4.78 is 79.8. The minimum Gasteiger partial charge on any atom is -0.508 e. The normalized spacial score (nSPS) is 29.5. The zero-order valence-corrected chi connectivity index (χ0v) is 22.9. The zero-order valence-electron chi connectivity index (χ0n) is 24.2. The molecule has 2 bridgehead atoms. The van der Waals surface area contributed by atoms with Gasteiger partial charge in [0.2, 0.25) is 0 Å². The SMILES string of the molecule is [2H]C1([2H])CC[C@@]2(COc3nc(N4CC5CCC4CN5)c4cnn(-c5cc(O)cc(Cl)c5C(F)(F)F)c(=O)c4n3)C[C@@H](F)CN12. The molecule has 224 valence electrons. The molecule has 2 aromatic heterocycles. The van der Waals surface area contributed by atoms with E-state index in [-0.39, 0.29) is 55.0 Å². The third-order valence-electron chi connectivity index (χ3n) is 8.71. The Hall–Kier alpha value is -3.23. The Morgan fingerprint density at radius 3 is 2.81 bits per heavy atom. The smallest absolute Gasteiger partial charge is 0.419 e. The average molecular weight is 612 g/mol. The minimum absolute atomic E-state index is 0.0216. The second-order valence-electron chi connectivity index (χ2n) is 11.3. The van der Waals surface area contributed by atoms with Crippen molar-refractivity contribution in [2.45, 2.75) is 62.1 Å². The molecule has 1 aromatic carbocycles. The number of phenols is 1. The molecule has 0 aliphatic carbocycles. The third-order valence-corrected chi connectivity index (χ3v) is 9.00. The van der Waals surface area contributed by atoms with Gasteiger partial charge in [-0.25, -0.2) is 4.39 Å².